The Kier molecular flexibility index (Phi) is 6.50. The van der Waals surface area contributed by atoms with Crippen LogP contribution in [0.1, 0.15) is 48.0 Å². The van der Waals surface area contributed by atoms with E-state index >= 15 is 0 Å². The van der Waals surface area contributed by atoms with Crippen molar-refractivity contribution in [1.82, 2.24) is 14.9 Å². The molecule has 0 bridgehead atoms. The summed E-state index contributed by atoms with van der Waals surface area (Å²) in [5.41, 5.74) is 0.339. The van der Waals surface area contributed by atoms with Gasteiger partial charge in [-0.2, -0.15) is 0 Å². The highest BCUT2D eigenvalue weighted by Gasteiger charge is 2.22. The minimum absolute atomic E-state index is 0.0396. The molecule has 1 atom stereocenters. The number of hydrogen-bond acceptors (Lipinski definition) is 4. The molecule has 1 aromatic heterocycles. The number of amides is 1. The first-order chi connectivity index (χ1) is 12.1. The molecular formula is C20H29N3O2S. The molecule has 0 spiro atoms. The molecule has 0 fully saturated rings. The number of hydrogen-bond donors (Lipinski definition) is 1. The lowest BCUT2D eigenvalue weighted by molar-refractivity contribution is -0.121. The summed E-state index contributed by atoms with van der Waals surface area (Å²) >= 11 is 1.34. The molecule has 0 saturated carbocycles. The maximum absolute atomic E-state index is 13.0. The van der Waals surface area contributed by atoms with Crippen LogP contribution < -0.4 is 10.9 Å². The van der Waals surface area contributed by atoms with Gasteiger partial charge in [0.25, 0.3) is 5.56 Å². The van der Waals surface area contributed by atoms with Crippen molar-refractivity contribution in [3.05, 3.63) is 34.6 Å². The standard InChI is InChI=1S/C20H29N3O2S/c1-13(2)11-12-23-18(25)15-9-7-8-10-16(15)21-19(23)26-14(3)17(24)22-20(4,5)6/h7-10,13-14H,11-12H2,1-6H3,(H,22,24). The Morgan fingerprint density at radius 3 is 2.50 bits per heavy atom. The minimum atomic E-state index is -0.340. The first kappa shape index (κ1) is 20.5. The fourth-order valence-electron chi connectivity index (χ4n) is 2.50. The van der Waals surface area contributed by atoms with Gasteiger partial charge >= 0.3 is 0 Å². The maximum atomic E-state index is 13.0. The number of benzene rings is 1. The van der Waals surface area contributed by atoms with Crippen LogP contribution in [0.3, 0.4) is 0 Å². The van der Waals surface area contributed by atoms with E-state index in [2.05, 4.69) is 24.1 Å². The van der Waals surface area contributed by atoms with Crippen LogP contribution in [0, 0.1) is 5.92 Å². The van der Waals surface area contributed by atoms with Gasteiger partial charge in [-0.15, -0.1) is 0 Å². The van der Waals surface area contributed by atoms with Gasteiger partial charge in [-0.25, -0.2) is 4.98 Å². The molecule has 0 aliphatic heterocycles. The van der Waals surface area contributed by atoms with Crippen LogP contribution in [0.4, 0.5) is 0 Å². The number of rotatable bonds is 6. The molecule has 1 amide bonds. The Morgan fingerprint density at radius 1 is 1.23 bits per heavy atom. The maximum Gasteiger partial charge on any atom is 0.262 e. The van der Waals surface area contributed by atoms with Crippen molar-refractivity contribution < 1.29 is 4.79 Å². The molecule has 142 valence electrons. The highest BCUT2D eigenvalue weighted by atomic mass is 32.2. The second-order valence-electron chi connectivity index (χ2n) is 8.05. The molecule has 0 radical (unpaired) electrons. The predicted octanol–water partition coefficient (Wildman–Crippen LogP) is 3.84. The molecule has 1 aromatic carbocycles. The Balaban J connectivity index is 2.39. The van der Waals surface area contributed by atoms with Gasteiger partial charge in [0.2, 0.25) is 5.91 Å². The SMILES string of the molecule is CC(C)CCn1c(SC(C)C(=O)NC(C)(C)C)nc2ccccc2c1=O. The molecule has 5 nitrogen and oxygen atoms in total. The van der Waals surface area contributed by atoms with Gasteiger partial charge in [0.05, 0.1) is 16.2 Å². The van der Waals surface area contributed by atoms with E-state index < -0.39 is 0 Å². The second-order valence-corrected chi connectivity index (χ2v) is 9.36. The van der Waals surface area contributed by atoms with Gasteiger partial charge in [0.15, 0.2) is 5.16 Å². The van der Waals surface area contributed by atoms with Crippen molar-refractivity contribution in [1.29, 1.82) is 0 Å². The zero-order valence-corrected chi connectivity index (χ0v) is 17.3. The smallest absolute Gasteiger partial charge is 0.262 e. The number of nitrogens with zero attached hydrogens (tertiary/aromatic N) is 2. The van der Waals surface area contributed by atoms with E-state index in [1.165, 1.54) is 11.8 Å². The summed E-state index contributed by atoms with van der Waals surface area (Å²) in [4.78, 5) is 30.1. The number of nitrogens with one attached hydrogen (secondary N) is 1. The van der Waals surface area contributed by atoms with Crippen LogP contribution >= 0.6 is 11.8 Å². The number of aromatic nitrogens is 2. The topological polar surface area (TPSA) is 64.0 Å². The second kappa shape index (κ2) is 8.25. The van der Waals surface area contributed by atoms with Gasteiger partial charge in [0.1, 0.15) is 0 Å². The van der Waals surface area contributed by atoms with Gasteiger partial charge in [-0.1, -0.05) is 37.7 Å². The molecule has 26 heavy (non-hydrogen) atoms. The van der Waals surface area contributed by atoms with Crippen molar-refractivity contribution in [2.24, 2.45) is 5.92 Å². The van der Waals surface area contributed by atoms with Crippen LogP contribution in [-0.4, -0.2) is 26.2 Å². The normalized spacial score (nSPS) is 13.2. The van der Waals surface area contributed by atoms with Gasteiger partial charge in [-0.05, 0) is 52.2 Å². The molecule has 0 aliphatic carbocycles. The fourth-order valence-corrected chi connectivity index (χ4v) is 3.44. The third-order valence-corrected chi connectivity index (χ3v) is 5.00. The van der Waals surface area contributed by atoms with E-state index in [0.29, 0.717) is 28.5 Å². The molecule has 2 rings (SSSR count). The number of para-hydroxylation sites is 1. The van der Waals surface area contributed by atoms with E-state index in [-0.39, 0.29) is 22.3 Å². The Bertz CT molecular complexity index is 837. The summed E-state index contributed by atoms with van der Waals surface area (Å²) in [6, 6.07) is 7.37. The summed E-state index contributed by atoms with van der Waals surface area (Å²) < 4.78 is 1.72. The van der Waals surface area contributed by atoms with Crippen LogP contribution in [0.5, 0.6) is 0 Å². The zero-order valence-electron chi connectivity index (χ0n) is 16.5. The highest BCUT2D eigenvalue weighted by molar-refractivity contribution is 8.00. The van der Waals surface area contributed by atoms with Crippen molar-refractivity contribution in [2.75, 3.05) is 0 Å². The molecule has 2 aromatic rings. The summed E-state index contributed by atoms with van der Waals surface area (Å²) in [6.45, 7) is 12.6. The first-order valence-corrected chi connectivity index (χ1v) is 9.94. The molecule has 1 unspecified atom stereocenters. The lowest BCUT2D eigenvalue weighted by Gasteiger charge is -2.23. The average molecular weight is 376 g/mol. The monoisotopic (exact) mass is 375 g/mol. The van der Waals surface area contributed by atoms with Gasteiger partial charge in [-0.3, -0.25) is 14.2 Å². The third-order valence-electron chi connectivity index (χ3n) is 3.91. The Hall–Kier alpha value is -1.82. The van der Waals surface area contributed by atoms with Gasteiger partial charge < -0.3 is 5.32 Å². The van der Waals surface area contributed by atoms with Gasteiger partial charge in [0, 0.05) is 12.1 Å². The lowest BCUT2D eigenvalue weighted by atomic mass is 10.1. The van der Waals surface area contributed by atoms with Crippen LogP contribution in [0.25, 0.3) is 10.9 Å². The van der Waals surface area contributed by atoms with Crippen molar-refractivity contribution >= 4 is 28.6 Å². The summed E-state index contributed by atoms with van der Waals surface area (Å²) in [6.07, 6.45) is 0.885. The van der Waals surface area contributed by atoms with E-state index in [1.807, 2.05) is 45.9 Å². The number of fused-ring (bicyclic) bond motifs is 1. The lowest BCUT2D eigenvalue weighted by Crippen LogP contribution is -2.44. The van der Waals surface area contributed by atoms with E-state index in [1.54, 1.807) is 10.6 Å². The zero-order chi connectivity index (χ0) is 19.5. The van der Waals surface area contributed by atoms with Crippen LogP contribution in [0.15, 0.2) is 34.2 Å². The first-order valence-electron chi connectivity index (χ1n) is 9.07. The third kappa shape index (κ3) is 5.34. The molecule has 0 aliphatic rings. The average Bonchev–Trinajstić information content (AvgIpc) is 2.52. The molecule has 0 saturated heterocycles. The molecule has 1 heterocycles. The molecule has 1 N–H and O–H groups in total. The Labute approximate surface area is 159 Å². The number of carbonyl (C=O) groups excluding carboxylic acids is 1. The molecule has 6 heteroatoms. The Morgan fingerprint density at radius 2 is 1.88 bits per heavy atom. The predicted molar refractivity (Wildman–Crippen MR) is 109 cm³/mol. The number of carbonyl (C=O) groups is 1. The van der Waals surface area contributed by atoms with Crippen molar-refractivity contribution in [3.8, 4) is 0 Å². The molecular weight excluding hydrogens is 346 g/mol. The largest absolute Gasteiger partial charge is 0.351 e. The number of thioether (sulfide) groups is 1. The quantitative estimate of drug-likeness (QED) is 0.615. The summed E-state index contributed by atoms with van der Waals surface area (Å²) in [7, 11) is 0. The van der Waals surface area contributed by atoms with E-state index in [9.17, 15) is 9.59 Å². The van der Waals surface area contributed by atoms with Crippen LogP contribution in [-0.2, 0) is 11.3 Å². The van der Waals surface area contributed by atoms with Crippen molar-refractivity contribution in [2.45, 2.75) is 70.5 Å². The minimum Gasteiger partial charge on any atom is -0.351 e. The van der Waals surface area contributed by atoms with E-state index in [0.717, 1.165) is 6.42 Å². The fraction of sp³-hybridized carbons (Fsp3) is 0.550. The highest BCUT2D eigenvalue weighted by Crippen LogP contribution is 2.23. The summed E-state index contributed by atoms with van der Waals surface area (Å²) in [5.74, 6) is 0.424. The van der Waals surface area contributed by atoms with Crippen LogP contribution in [0.2, 0.25) is 0 Å². The summed E-state index contributed by atoms with van der Waals surface area (Å²) in [5, 5.41) is 3.87. The van der Waals surface area contributed by atoms with E-state index in [4.69, 9.17) is 0 Å². The van der Waals surface area contributed by atoms with Crippen molar-refractivity contribution in [3.63, 3.8) is 0 Å².